The number of likely N-dealkylation sites (tertiary alicyclic amines) is 1. The molecule has 0 aliphatic carbocycles. The van der Waals surface area contributed by atoms with E-state index in [9.17, 15) is 4.79 Å². The van der Waals surface area contributed by atoms with Crippen LogP contribution in [0.2, 0.25) is 0 Å². The van der Waals surface area contributed by atoms with Crippen molar-refractivity contribution in [2.75, 3.05) is 18.4 Å². The zero-order valence-corrected chi connectivity index (χ0v) is 12.0. The van der Waals surface area contributed by atoms with Crippen molar-refractivity contribution in [3.8, 4) is 0 Å². The Labute approximate surface area is 120 Å². The fraction of sp³-hybridized carbons (Fsp3) is 0.500. The summed E-state index contributed by atoms with van der Waals surface area (Å²) in [6, 6.07) is 2.05. The zero-order chi connectivity index (χ0) is 13.9. The topological polar surface area (TPSA) is 75.9 Å². The van der Waals surface area contributed by atoms with Gasteiger partial charge in [0.15, 0.2) is 0 Å². The van der Waals surface area contributed by atoms with Crippen LogP contribution >= 0.6 is 11.3 Å². The number of amides is 2. The maximum absolute atomic E-state index is 12.2. The van der Waals surface area contributed by atoms with E-state index in [0.29, 0.717) is 11.7 Å². The lowest BCUT2D eigenvalue weighted by molar-refractivity contribution is 0.220. The fourth-order valence-corrected chi connectivity index (χ4v) is 2.93. The van der Waals surface area contributed by atoms with Crippen LogP contribution in [0.5, 0.6) is 0 Å². The molecule has 106 valence electrons. The average Bonchev–Trinajstić information content (AvgIpc) is 3.19. The number of urea groups is 1. The minimum atomic E-state index is -0.113. The van der Waals surface area contributed by atoms with Crippen molar-refractivity contribution in [2.24, 2.45) is 0 Å². The van der Waals surface area contributed by atoms with Gasteiger partial charge in [0.25, 0.3) is 0 Å². The summed E-state index contributed by atoms with van der Waals surface area (Å²) in [7, 11) is 0. The van der Waals surface area contributed by atoms with Gasteiger partial charge in [0.05, 0.1) is 6.04 Å². The summed E-state index contributed by atoms with van der Waals surface area (Å²) in [5.74, 6) is 0. The van der Waals surface area contributed by atoms with Crippen LogP contribution in [0.15, 0.2) is 18.5 Å². The van der Waals surface area contributed by atoms with Crippen molar-refractivity contribution in [3.05, 3.63) is 23.5 Å². The van der Waals surface area contributed by atoms with E-state index in [0.717, 1.165) is 24.4 Å². The molecular formula is C12H16N6OS. The lowest BCUT2D eigenvalue weighted by atomic mass is 10.3. The van der Waals surface area contributed by atoms with Crippen LogP contribution < -0.4 is 5.32 Å². The Morgan fingerprint density at radius 2 is 2.45 bits per heavy atom. The van der Waals surface area contributed by atoms with E-state index in [1.165, 1.54) is 11.3 Å². The molecule has 8 heteroatoms. The molecule has 0 saturated carbocycles. The lowest BCUT2D eigenvalue weighted by Gasteiger charge is -2.16. The van der Waals surface area contributed by atoms with Crippen molar-refractivity contribution in [1.82, 2.24) is 24.9 Å². The van der Waals surface area contributed by atoms with Gasteiger partial charge in [-0.15, -0.1) is 10.2 Å². The van der Waals surface area contributed by atoms with E-state index >= 15 is 0 Å². The molecule has 20 heavy (non-hydrogen) atoms. The second-order valence-corrected chi connectivity index (χ2v) is 5.72. The first-order chi connectivity index (χ1) is 9.76. The summed E-state index contributed by atoms with van der Waals surface area (Å²) >= 11 is 1.42. The number of hydrogen-bond acceptors (Lipinski definition) is 5. The SMILES string of the molecule is CCc1nnc(NC(=O)N2CCC(n3cccn3)C2)s1. The van der Waals surface area contributed by atoms with E-state index in [4.69, 9.17) is 0 Å². The Bertz CT molecular complexity index is 581. The molecule has 2 aromatic heterocycles. The molecule has 1 saturated heterocycles. The van der Waals surface area contributed by atoms with E-state index in [-0.39, 0.29) is 12.1 Å². The molecule has 0 aromatic carbocycles. The minimum absolute atomic E-state index is 0.113. The van der Waals surface area contributed by atoms with Crippen LogP contribution in [0.1, 0.15) is 24.4 Å². The number of nitrogens with zero attached hydrogens (tertiary/aromatic N) is 5. The Balaban J connectivity index is 1.58. The van der Waals surface area contributed by atoms with Gasteiger partial charge in [-0.25, -0.2) is 4.79 Å². The Hall–Kier alpha value is -1.96. The van der Waals surface area contributed by atoms with Gasteiger partial charge < -0.3 is 4.90 Å². The summed E-state index contributed by atoms with van der Waals surface area (Å²) in [4.78, 5) is 13.9. The lowest BCUT2D eigenvalue weighted by Crippen LogP contribution is -2.33. The molecule has 3 rings (SSSR count). The Kier molecular flexibility index (Phi) is 3.64. The number of hydrogen-bond donors (Lipinski definition) is 1. The molecule has 0 bridgehead atoms. The summed E-state index contributed by atoms with van der Waals surface area (Å²) < 4.78 is 1.91. The Morgan fingerprint density at radius 1 is 1.55 bits per heavy atom. The second-order valence-electron chi connectivity index (χ2n) is 4.66. The van der Waals surface area contributed by atoms with Gasteiger partial charge in [0.1, 0.15) is 5.01 Å². The van der Waals surface area contributed by atoms with Crippen molar-refractivity contribution in [3.63, 3.8) is 0 Å². The normalized spacial score (nSPS) is 18.4. The first kappa shape index (κ1) is 13.0. The van der Waals surface area contributed by atoms with E-state index in [1.54, 1.807) is 11.1 Å². The summed E-state index contributed by atoms with van der Waals surface area (Å²) in [6.07, 6.45) is 5.45. The number of aryl methyl sites for hydroxylation is 1. The summed E-state index contributed by atoms with van der Waals surface area (Å²) in [5.41, 5.74) is 0. The molecule has 1 fully saturated rings. The largest absolute Gasteiger partial charge is 0.323 e. The van der Waals surface area contributed by atoms with Crippen LogP contribution in [0.25, 0.3) is 0 Å². The molecule has 1 aliphatic rings. The smallest absolute Gasteiger partial charge is 0.322 e. The number of rotatable bonds is 3. The maximum atomic E-state index is 12.2. The average molecular weight is 292 g/mol. The quantitative estimate of drug-likeness (QED) is 0.935. The van der Waals surface area contributed by atoms with E-state index < -0.39 is 0 Å². The summed E-state index contributed by atoms with van der Waals surface area (Å²) in [6.45, 7) is 3.42. The molecular weight excluding hydrogens is 276 g/mol. The highest BCUT2D eigenvalue weighted by Gasteiger charge is 2.28. The van der Waals surface area contributed by atoms with Crippen LogP contribution in [-0.4, -0.2) is 44.0 Å². The fourth-order valence-electron chi connectivity index (χ4n) is 2.26. The molecule has 0 radical (unpaired) electrons. The van der Waals surface area contributed by atoms with Gasteiger partial charge in [-0.05, 0) is 18.9 Å². The van der Waals surface area contributed by atoms with Crippen LogP contribution in [-0.2, 0) is 6.42 Å². The molecule has 3 heterocycles. The number of carbonyl (C=O) groups is 1. The third-order valence-corrected chi connectivity index (χ3v) is 4.32. The monoisotopic (exact) mass is 292 g/mol. The van der Waals surface area contributed by atoms with Crippen LogP contribution in [0, 0.1) is 0 Å². The van der Waals surface area contributed by atoms with Gasteiger partial charge in [0, 0.05) is 25.5 Å². The predicted molar refractivity (Wildman–Crippen MR) is 75.8 cm³/mol. The number of carbonyl (C=O) groups excluding carboxylic acids is 1. The van der Waals surface area contributed by atoms with Gasteiger partial charge in [-0.3, -0.25) is 10.00 Å². The maximum Gasteiger partial charge on any atom is 0.323 e. The van der Waals surface area contributed by atoms with Gasteiger partial charge in [-0.2, -0.15) is 5.10 Å². The molecule has 0 spiro atoms. The molecule has 2 aromatic rings. The van der Waals surface area contributed by atoms with E-state index in [1.807, 2.05) is 23.9 Å². The van der Waals surface area contributed by atoms with Crippen LogP contribution in [0.3, 0.4) is 0 Å². The third-order valence-electron chi connectivity index (χ3n) is 3.33. The highest BCUT2D eigenvalue weighted by Crippen LogP contribution is 2.22. The second kappa shape index (κ2) is 5.58. The van der Waals surface area contributed by atoms with Crippen molar-refractivity contribution >= 4 is 22.5 Å². The van der Waals surface area contributed by atoms with Gasteiger partial charge in [-0.1, -0.05) is 18.3 Å². The zero-order valence-electron chi connectivity index (χ0n) is 11.2. The highest BCUT2D eigenvalue weighted by molar-refractivity contribution is 7.15. The van der Waals surface area contributed by atoms with Gasteiger partial charge in [0.2, 0.25) is 5.13 Å². The summed E-state index contributed by atoms with van der Waals surface area (Å²) in [5, 5.41) is 16.5. The molecule has 1 unspecified atom stereocenters. The van der Waals surface area contributed by atoms with Crippen molar-refractivity contribution < 1.29 is 4.79 Å². The number of nitrogens with one attached hydrogen (secondary N) is 1. The predicted octanol–water partition coefficient (Wildman–Crippen LogP) is 1.78. The highest BCUT2D eigenvalue weighted by atomic mass is 32.1. The van der Waals surface area contributed by atoms with E-state index in [2.05, 4.69) is 20.6 Å². The molecule has 7 nitrogen and oxygen atoms in total. The first-order valence-electron chi connectivity index (χ1n) is 6.63. The van der Waals surface area contributed by atoms with Crippen LogP contribution in [0.4, 0.5) is 9.93 Å². The van der Waals surface area contributed by atoms with Crippen molar-refractivity contribution in [1.29, 1.82) is 0 Å². The van der Waals surface area contributed by atoms with Gasteiger partial charge >= 0.3 is 6.03 Å². The molecule has 1 aliphatic heterocycles. The number of anilines is 1. The molecule has 1 N–H and O–H groups in total. The third kappa shape index (κ3) is 2.64. The first-order valence-corrected chi connectivity index (χ1v) is 7.45. The number of aromatic nitrogens is 4. The van der Waals surface area contributed by atoms with Crippen molar-refractivity contribution in [2.45, 2.75) is 25.8 Å². The molecule has 1 atom stereocenters. The molecule has 2 amide bonds. The standard InChI is InChI=1S/C12H16N6OS/c1-2-10-15-16-11(20-10)14-12(19)17-7-4-9(8-17)18-6-3-5-13-18/h3,5-6,9H,2,4,7-8H2,1H3,(H,14,16,19). The Morgan fingerprint density at radius 3 is 3.15 bits per heavy atom. The minimum Gasteiger partial charge on any atom is -0.322 e.